The fourth-order valence-corrected chi connectivity index (χ4v) is 4.49. The Balaban J connectivity index is 1.47. The van der Waals surface area contributed by atoms with Gasteiger partial charge >= 0.3 is 0 Å². The van der Waals surface area contributed by atoms with Gasteiger partial charge in [0.25, 0.3) is 0 Å². The molecule has 1 saturated carbocycles. The Morgan fingerprint density at radius 3 is 2.48 bits per heavy atom. The maximum atomic E-state index is 13.7. The molecule has 1 fully saturated rings. The molecule has 148 valence electrons. The normalized spacial score (nSPS) is 15.4. The molecule has 0 spiro atoms. The van der Waals surface area contributed by atoms with E-state index in [9.17, 15) is 9.18 Å². The van der Waals surface area contributed by atoms with E-state index in [-0.39, 0.29) is 11.2 Å². The van der Waals surface area contributed by atoms with Gasteiger partial charge in [-0.25, -0.2) is 4.98 Å². The second-order valence-electron chi connectivity index (χ2n) is 8.11. The second-order valence-corrected chi connectivity index (χ2v) is 8.11. The molecule has 4 heteroatoms. The van der Waals surface area contributed by atoms with Crippen LogP contribution in [-0.4, -0.2) is 15.8 Å². The van der Waals surface area contributed by atoms with Crippen molar-refractivity contribution in [1.29, 1.82) is 0 Å². The van der Waals surface area contributed by atoms with Crippen molar-refractivity contribution in [3.05, 3.63) is 83.7 Å². The molecule has 0 radical (unpaired) electrons. The van der Waals surface area contributed by atoms with Crippen LogP contribution in [0.5, 0.6) is 0 Å². The first-order valence-electron chi connectivity index (χ1n) is 10.2. The van der Waals surface area contributed by atoms with Gasteiger partial charge < -0.3 is 0 Å². The Hall–Kier alpha value is -2.88. The minimum absolute atomic E-state index is 0.186. The number of pyridine rings is 2. The average Bonchev–Trinajstić information content (AvgIpc) is 3.18. The number of ketones is 1. The first kappa shape index (κ1) is 19.4. The molecule has 1 aliphatic rings. The van der Waals surface area contributed by atoms with Crippen LogP contribution in [-0.2, 0) is 16.6 Å². The number of Topliss-reactive ketones (excluding diaryl/α,β-unsaturated/α-hetero) is 1. The maximum absolute atomic E-state index is 13.7. The van der Waals surface area contributed by atoms with E-state index in [2.05, 4.69) is 28.2 Å². The van der Waals surface area contributed by atoms with Crippen molar-refractivity contribution in [2.24, 2.45) is 0 Å². The number of hydrogen-bond acceptors (Lipinski definition) is 3. The van der Waals surface area contributed by atoms with E-state index in [1.807, 2.05) is 37.4 Å². The predicted molar refractivity (Wildman–Crippen MR) is 112 cm³/mol. The summed E-state index contributed by atoms with van der Waals surface area (Å²) in [5.41, 5.74) is 4.64. The van der Waals surface area contributed by atoms with E-state index in [4.69, 9.17) is 0 Å². The van der Waals surface area contributed by atoms with Crippen LogP contribution in [0.2, 0.25) is 0 Å². The van der Waals surface area contributed by atoms with Gasteiger partial charge in [-0.3, -0.25) is 9.78 Å². The molecule has 2 aromatic heterocycles. The zero-order valence-electron chi connectivity index (χ0n) is 16.7. The summed E-state index contributed by atoms with van der Waals surface area (Å²) in [5.74, 6) is -0.284. The van der Waals surface area contributed by atoms with Gasteiger partial charge in [0.15, 0.2) is 0 Å². The number of carbonyl (C=O) groups excluding carboxylic acids is 1. The number of halogens is 1. The summed E-state index contributed by atoms with van der Waals surface area (Å²) in [7, 11) is 0. The summed E-state index contributed by atoms with van der Waals surface area (Å²) in [4.78, 5) is 21.3. The zero-order valence-corrected chi connectivity index (χ0v) is 16.7. The maximum Gasteiger partial charge on any atom is 0.213 e. The molecule has 0 aliphatic heterocycles. The summed E-state index contributed by atoms with van der Waals surface area (Å²) in [6.07, 6.45) is 6.55. The molecule has 29 heavy (non-hydrogen) atoms. The molecule has 0 N–H and O–H groups in total. The number of aromatic nitrogens is 2. The van der Waals surface area contributed by atoms with Crippen LogP contribution in [0.3, 0.4) is 0 Å². The lowest BCUT2D eigenvalue weighted by Gasteiger charge is -2.27. The zero-order chi connectivity index (χ0) is 20.3. The van der Waals surface area contributed by atoms with E-state index in [1.54, 1.807) is 6.07 Å². The molecule has 1 aliphatic carbocycles. The highest BCUT2D eigenvalue weighted by atomic mass is 19.1. The van der Waals surface area contributed by atoms with Crippen molar-refractivity contribution in [1.82, 2.24) is 9.97 Å². The number of carbonyl (C=O) groups is 1. The van der Waals surface area contributed by atoms with E-state index < -0.39 is 5.95 Å². The van der Waals surface area contributed by atoms with E-state index >= 15 is 0 Å². The van der Waals surface area contributed by atoms with E-state index in [1.165, 1.54) is 6.07 Å². The Morgan fingerprint density at radius 1 is 1.03 bits per heavy atom. The van der Waals surface area contributed by atoms with Gasteiger partial charge in [0.1, 0.15) is 5.78 Å². The van der Waals surface area contributed by atoms with E-state index in [0.717, 1.165) is 53.8 Å². The highest BCUT2D eigenvalue weighted by Gasteiger charge is 2.38. The fraction of sp³-hybridized carbons (Fsp3) is 0.320. The number of nitrogens with zero attached hydrogens (tertiary/aromatic N) is 2. The number of rotatable bonds is 6. The van der Waals surface area contributed by atoms with Crippen molar-refractivity contribution >= 4 is 5.78 Å². The third-order valence-electron chi connectivity index (χ3n) is 5.94. The first-order valence-corrected chi connectivity index (χ1v) is 10.2. The van der Waals surface area contributed by atoms with Crippen LogP contribution >= 0.6 is 0 Å². The van der Waals surface area contributed by atoms with Crippen molar-refractivity contribution in [2.75, 3.05) is 0 Å². The smallest absolute Gasteiger partial charge is 0.213 e. The quantitative estimate of drug-likeness (QED) is 0.516. The standard InChI is InChI=1S/C25H25FN2O/c1-18-15-21(11-14-27-18)20-9-7-19(8-10-20)16-22(29)17-25(12-2-3-13-25)23-5-4-6-24(26)28-23/h4-11,14-15H,2-3,12-13,16-17H2,1H3. The van der Waals surface area contributed by atoms with Gasteiger partial charge in [-0.1, -0.05) is 43.2 Å². The van der Waals surface area contributed by atoms with Crippen LogP contribution in [0.25, 0.3) is 11.1 Å². The molecule has 0 atom stereocenters. The third kappa shape index (κ3) is 4.42. The van der Waals surface area contributed by atoms with E-state index in [0.29, 0.717) is 12.8 Å². The predicted octanol–water partition coefficient (Wildman–Crippen LogP) is 5.60. The average molecular weight is 388 g/mol. The number of benzene rings is 1. The molecular formula is C25H25FN2O. The van der Waals surface area contributed by atoms with Gasteiger partial charge in [-0.2, -0.15) is 4.39 Å². The summed E-state index contributed by atoms with van der Waals surface area (Å²) < 4.78 is 13.7. The lowest BCUT2D eigenvalue weighted by atomic mass is 9.77. The molecule has 3 aromatic rings. The summed E-state index contributed by atoms with van der Waals surface area (Å²) >= 11 is 0. The lowest BCUT2D eigenvalue weighted by molar-refractivity contribution is -0.119. The second kappa shape index (κ2) is 8.24. The highest BCUT2D eigenvalue weighted by Crippen LogP contribution is 2.43. The Bertz CT molecular complexity index is 1010. The summed E-state index contributed by atoms with van der Waals surface area (Å²) in [5, 5.41) is 0. The lowest BCUT2D eigenvalue weighted by Crippen LogP contribution is -2.28. The van der Waals surface area contributed by atoms with Gasteiger partial charge in [0.2, 0.25) is 5.95 Å². The van der Waals surface area contributed by atoms with Gasteiger partial charge in [0, 0.05) is 30.1 Å². The minimum atomic E-state index is -0.469. The number of aryl methyl sites for hydroxylation is 1. The minimum Gasteiger partial charge on any atom is -0.299 e. The third-order valence-corrected chi connectivity index (χ3v) is 5.94. The van der Waals surface area contributed by atoms with Crippen LogP contribution < -0.4 is 0 Å². The molecule has 2 heterocycles. The van der Waals surface area contributed by atoms with Crippen molar-refractivity contribution in [2.45, 2.75) is 50.9 Å². The van der Waals surface area contributed by atoms with Crippen molar-refractivity contribution in [3.8, 4) is 11.1 Å². The molecule has 4 rings (SSSR count). The van der Waals surface area contributed by atoms with Crippen LogP contribution in [0, 0.1) is 12.9 Å². The largest absolute Gasteiger partial charge is 0.299 e. The number of hydrogen-bond donors (Lipinski definition) is 0. The molecule has 3 nitrogen and oxygen atoms in total. The van der Waals surface area contributed by atoms with Gasteiger partial charge in [-0.15, -0.1) is 0 Å². The topological polar surface area (TPSA) is 42.9 Å². The molecule has 0 amide bonds. The van der Waals surface area contributed by atoms with Crippen LogP contribution in [0.1, 0.15) is 49.1 Å². The fourth-order valence-electron chi connectivity index (χ4n) is 4.49. The van der Waals surface area contributed by atoms with Gasteiger partial charge in [-0.05, 0) is 60.7 Å². The SMILES string of the molecule is Cc1cc(-c2ccc(CC(=O)CC3(c4cccc(F)n4)CCCC3)cc2)ccn1. The molecule has 1 aromatic carbocycles. The Morgan fingerprint density at radius 2 is 1.79 bits per heavy atom. The molecule has 0 saturated heterocycles. The van der Waals surface area contributed by atoms with Crippen LogP contribution in [0.15, 0.2) is 60.8 Å². The molecule has 0 unspecified atom stereocenters. The van der Waals surface area contributed by atoms with Crippen LogP contribution in [0.4, 0.5) is 4.39 Å². The highest BCUT2D eigenvalue weighted by molar-refractivity contribution is 5.82. The monoisotopic (exact) mass is 388 g/mol. The van der Waals surface area contributed by atoms with Gasteiger partial charge in [0.05, 0.1) is 5.69 Å². The van der Waals surface area contributed by atoms with Crippen molar-refractivity contribution in [3.63, 3.8) is 0 Å². The summed E-state index contributed by atoms with van der Waals surface area (Å²) in [6.45, 7) is 1.98. The molecule has 0 bridgehead atoms. The Kier molecular flexibility index (Phi) is 5.52. The van der Waals surface area contributed by atoms with Crippen molar-refractivity contribution < 1.29 is 9.18 Å². The first-order chi connectivity index (χ1) is 14.0. The molecular weight excluding hydrogens is 363 g/mol. The Labute approximate surface area is 171 Å². The summed E-state index contributed by atoms with van der Waals surface area (Å²) in [6, 6.07) is 17.1.